The van der Waals surface area contributed by atoms with E-state index in [4.69, 9.17) is 18.0 Å². The third kappa shape index (κ3) is 1.22. The Morgan fingerprint density at radius 2 is 2.00 bits per heavy atom. The molecule has 0 aliphatic heterocycles. The minimum atomic E-state index is -0.473. The van der Waals surface area contributed by atoms with Gasteiger partial charge < -0.3 is 10.6 Å². The standard InChI is InChI=1S/C7H12N2OS/c1-9(2)6(10)7(3-4-7)5(8)11/h3-4H2,1-2H3,(H2,8,11). The molecule has 0 saturated heterocycles. The topological polar surface area (TPSA) is 46.3 Å². The maximum absolute atomic E-state index is 11.4. The molecule has 0 aromatic carbocycles. The number of hydrogen-bond acceptors (Lipinski definition) is 2. The van der Waals surface area contributed by atoms with Crippen LogP contribution in [-0.2, 0) is 4.79 Å². The van der Waals surface area contributed by atoms with Gasteiger partial charge in [0.1, 0.15) is 0 Å². The van der Waals surface area contributed by atoms with Crippen LogP contribution in [0.25, 0.3) is 0 Å². The average molecular weight is 172 g/mol. The SMILES string of the molecule is CN(C)C(=O)C1(C(N)=S)CC1. The summed E-state index contributed by atoms with van der Waals surface area (Å²) in [5, 5.41) is 0. The van der Waals surface area contributed by atoms with Crippen LogP contribution in [0.3, 0.4) is 0 Å². The number of carbonyl (C=O) groups excluding carboxylic acids is 1. The fourth-order valence-electron chi connectivity index (χ4n) is 1.12. The Hall–Kier alpha value is -0.640. The largest absolute Gasteiger partial charge is 0.392 e. The molecule has 1 aliphatic carbocycles. The highest BCUT2D eigenvalue weighted by Crippen LogP contribution is 2.47. The Kier molecular flexibility index (Phi) is 1.88. The molecular weight excluding hydrogens is 160 g/mol. The lowest BCUT2D eigenvalue weighted by Gasteiger charge is -2.17. The zero-order chi connectivity index (χ0) is 8.65. The molecule has 0 spiro atoms. The molecule has 0 bridgehead atoms. The fourth-order valence-corrected chi connectivity index (χ4v) is 1.41. The Bertz CT molecular complexity index is 208. The highest BCUT2D eigenvalue weighted by molar-refractivity contribution is 7.80. The lowest BCUT2D eigenvalue weighted by molar-refractivity contribution is -0.131. The first kappa shape index (κ1) is 8.46. The highest BCUT2D eigenvalue weighted by atomic mass is 32.1. The minimum Gasteiger partial charge on any atom is -0.392 e. The van der Waals surface area contributed by atoms with E-state index in [0.717, 1.165) is 12.8 Å². The second kappa shape index (κ2) is 2.44. The van der Waals surface area contributed by atoms with Gasteiger partial charge in [-0.1, -0.05) is 12.2 Å². The third-order valence-electron chi connectivity index (χ3n) is 2.04. The van der Waals surface area contributed by atoms with Crippen molar-refractivity contribution in [2.75, 3.05) is 14.1 Å². The quantitative estimate of drug-likeness (QED) is 0.603. The molecule has 0 radical (unpaired) electrons. The van der Waals surface area contributed by atoms with Gasteiger partial charge in [0.2, 0.25) is 5.91 Å². The van der Waals surface area contributed by atoms with E-state index < -0.39 is 5.41 Å². The van der Waals surface area contributed by atoms with Gasteiger partial charge in [-0.25, -0.2) is 0 Å². The maximum atomic E-state index is 11.4. The Morgan fingerprint density at radius 1 is 1.55 bits per heavy atom. The van der Waals surface area contributed by atoms with Crippen LogP contribution in [0.15, 0.2) is 0 Å². The molecule has 0 heterocycles. The van der Waals surface area contributed by atoms with Gasteiger partial charge in [0.25, 0.3) is 0 Å². The number of nitrogens with two attached hydrogens (primary N) is 1. The minimum absolute atomic E-state index is 0.0463. The molecule has 4 heteroatoms. The summed E-state index contributed by atoms with van der Waals surface area (Å²) in [5.41, 5.74) is 4.98. The predicted molar refractivity (Wildman–Crippen MR) is 47.1 cm³/mol. The van der Waals surface area contributed by atoms with Gasteiger partial charge in [-0.2, -0.15) is 0 Å². The number of nitrogens with zero attached hydrogens (tertiary/aromatic N) is 1. The number of rotatable bonds is 2. The number of amides is 1. The van der Waals surface area contributed by atoms with Gasteiger partial charge in [0.15, 0.2) is 0 Å². The monoisotopic (exact) mass is 172 g/mol. The van der Waals surface area contributed by atoms with Crippen LogP contribution in [-0.4, -0.2) is 29.9 Å². The zero-order valence-corrected chi connectivity index (χ0v) is 7.57. The maximum Gasteiger partial charge on any atom is 0.235 e. The van der Waals surface area contributed by atoms with E-state index in [1.165, 1.54) is 0 Å². The Balaban J connectivity index is 2.74. The molecule has 1 aliphatic rings. The molecule has 0 aromatic rings. The van der Waals surface area contributed by atoms with Crippen molar-refractivity contribution < 1.29 is 4.79 Å². The van der Waals surface area contributed by atoms with Crippen LogP contribution in [0.5, 0.6) is 0 Å². The molecule has 11 heavy (non-hydrogen) atoms. The first-order chi connectivity index (χ1) is 5.00. The highest BCUT2D eigenvalue weighted by Gasteiger charge is 2.53. The molecule has 3 nitrogen and oxygen atoms in total. The molecule has 2 N–H and O–H groups in total. The van der Waals surface area contributed by atoms with Crippen molar-refractivity contribution >= 4 is 23.1 Å². The lowest BCUT2D eigenvalue weighted by Crippen LogP contribution is -2.38. The summed E-state index contributed by atoms with van der Waals surface area (Å²) in [7, 11) is 3.45. The van der Waals surface area contributed by atoms with E-state index in [9.17, 15) is 4.79 Å². The van der Waals surface area contributed by atoms with Gasteiger partial charge in [0, 0.05) is 14.1 Å². The van der Waals surface area contributed by atoms with E-state index in [0.29, 0.717) is 4.99 Å². The Labute approximate surface area is 71.5 Å². The first-order valence-electron chi connectivity index (χ1n) is 3.52. The number of carbonyl (C=O) groups is 1. The summed E-state index contributed by atoms with van der Waals surface area (Å²) in [6, 6.07) is 0. The second-order valence-corrected chi connectivity index (χ2v) is 3.59. The second-order valence-electron chi connectivity index (χ2n) is 3.15. The van der Waals surface area contributed by atoms with E-state index >= 15 is 0 Å². The molecule has 1 amide bonds. The van der Waals surface area contributed by atoms with E-state index in [1.54, 1.807) is 19.0 Å². The summed E-state index contributed by atoms with van der Waals surface area (Å²) < 4.78 is 0. The third-order valence-corrected chi connectivity index (χ3v) is 2.43. The number of hydrogen-bond donors (Lipinski definition) is 1. The summed E-state index contributed by atoms with van der Waals surface area (Å²) in [4.78, 5) is 13.3. The van der Waals surface area contributed by atoms with Gasteiger partial charge in [-0.15, -0.1) is 0 Å². The molecule has 1 fully saturated rings. The molecule has 62 valence electrons. The molecule has 1 rings (SSSR count). The van der Waals surface area contributed by atoms with Gasteiger partial charge in [0.05, 0.1) is 10.4 Å². The van der Waals surface area contributed by atoms with Crippen molar-refractivity contribution in [1.82, 2.24) is 4.90 Å². The van der Waals surface area contributed by atoms with Crippen molar-refractivity contribution in [2.24, 2.45) is 11.1 Å². The summed E-state index contributed by atoms with van der Waals surface area (Å²) >= 11 is 4.82. The number of thiocarbonyl (C=S) groups is 1. The molecular formula is C7H12N2OS. The lowest BCUT2D eigenvalue weighted by atomic mass is 10.1. The van der Waals surface area contributed by atoms with Crippen LogP contribution in [0.2, 0.25) is 0 Å². The van der Waals surface area contributed by atoms with Crippen molar-refractivity contribution in [2.45, 2.75) is 12.8 Å². The van der Waals surface area contributed by atoms with Crippen LogP contribution in [0.4, 0.5) is 0 Å². The van der Waals surface area contributed by atoms with Crippen molar-refractivity contribution in [1.29, 1.82) is 0 Å². The predicted octanol–water partition coefficient (Wildman–Crippen LogP) is 0.141. The molecule has 0 aromatic heterocycles. The van der Waals surface area contributed by atoms with Crippen molar-refractivity contribution in [3.8, 4) is 0 Å². The van der Waals surface area contributed by atoms with Gasteiger partial charge in [-0.05, 0) is 12.8 Å². The summed E-state index contributed by atoms with van der Waals surface area (Å²) in [6.45, 7) is 0. The van der Waals surface area contributed by atoms with Crippen LogP contribution < -0.4 is 5.73 Å². The van der Waals surface area contributed by atoms with Crippen LogP contribution in [0, 0.1) is 5.41 Å². The molecule has 0 unspecified atom stereocenters. The summed E-state index contributed by atoms with van der Waals surface area (Å²) in [5.74, 6) is 0.0463. The molecule has 0 atom stereocenters. The van der Waals surface area contributed by atoms with Gasteiger partial charge in [-0.3, -0.25) is 4.79 Å². The van der Waals surface area contributed by atoms with E-state index in [1.807, 2.05) is 0 Å². The van der Waals surface area contributed by atoms with Crippen LogP contribution in [0.1, 0.15) is 12.8 Å². The first-order valence-corrected chi connectivity index (χ1v) is 3.93. The van der Waals surface area contributed by atoms with E-state index in [2.05, 4.69) is 0 Å². The van der Waals surface area contributed by atoms with E-state index in [-0.39, 0.29) is 5.91 Å². The van der Waals surface area contributed by atoms with Crippen molar-refractivity contribution in [3.63, 3.8) is 0 Å². The van der Waals surface area contributed by atoms with Crippen molar-refractivity contribution in [3.05, 3.63) is 0 Å². The normalized spacial score (nSPS) is 19.1. The Morgan fingerprint density at radius 3 is 2.09 bits per heavy atom. The zero-order valence-electron chi connectivity index (χ0n) is 6.76. The average Bonchev–Trinajstić information content (AvgIpc) is 2.65. The molecule has 1 saturated carbocycles. The van der Waals surface area contributed by atoms with Gasteiger partial charge >= 0.3 is 0 Å². The fraction of sp³-hybridized carbons (Fsp3) is 0.714. The smallest absolute Gasteiger partial charge is 0.235 e. The van der Waals surface area contributed by atoms with Crippen LogP contribution >= 0.6 is 12.2 Å². The summed E-state index contributed by atoms with van der Waals surface area (Å²) in [6.07, 6.45) is 1.64.